The number of nitrogens with zero attached hydrogens (tertiary/aromatic N) is 4. The molecule has 0 amide bonds. The Morgan fingerprint density at radius 2 is 2.20 bits per heavy atom. The minimum atomic E-state index is -0.863. The quantitative estimate of drug-likeness (QED) is 0.909. The molecule has 0 atom stereocenters. The first-order valence-electron chi connectivity index (χ1n) is 6.72. The highest BCUT2D eigenvalue weighted by Gasteiger charge is 2.28. The van der Waals surface area contributed by atoms with Gasteiger partial charge in [0, 0.05) is 6.04 Å². The molecule has 20 heavy (non-hydrogen) atoms. The predicted molar refractivity (Wildman–Crippen MR) is 71.6 cm³/mol. The van der Waals surface area contributed by atoms with Crippen molar-refractivity contribution in [2.24, 2.45) is 0 Å². The summed E-state index contributed by atoms with van der Waals surface area (Å²) < 4.78 is 5.13. The molecular weight excluding hydrogens is 260 g/mol. The van der Waals surface area contributed by atoms with E-state index in [0.717, 1.165) is 25.7 Å². The number of hydrogen-bond donors (Lipinski definition) is 1. The first-order valence-corrected chi connectivity index (χ1v) is 6.72. The van der Waals surface area contributed by atoms with Gasteiger partial charge in [-0.2, -0.15) is 4.98 Å². The minimum absolute atomic E-state index is 0.0681. The molecule has 0 aromatic carbocycles. The van der Waals surface area contributed by atoms with Gasteiger partial charge in [0.25, 0.3) is 5.71 Å². The van der Waals surface area contributed by atoms with Crippen molar-refractivity contribution < 1.29 is 14.4 Å². The second-order valence-corrected chi connectivity index (χ2v) is 5.11. The van der Waals surface area contributed by atoms with Crippen molar-refractivity contribution in [1.29, 1.82) is 0 Å². The molecule has 2 aromatic heterocycles. The van der Waals surface area contributed by atoms with Crippen LogP contribution in [0, 0.1) is 6.92 Å². The van der Waals surface area contributed by atoms with Crippen molar-refractivity contribution in [2.45, 2.75) is 38.6 Å². The van der Waals surface area contributed by atoms with Crippen molar-refractivity contribution in [3.8, 4) is 0 Å². The average molecular weight is 276 g/mol. The van der Waals surface area contributed by atoms with E-state index in [-0.39, 0.29) is 12.6 Å². The normalized spacial score (nSPS) is 15.8. The van der Waals surface area contributed by atoms with Gasteiger partial charge >= 0.3 is 5.97 Å². The summed E-state index contributed by atoms with van der Waals surface area (Å²) in [6, 6.07) is 0.207. The molecule has 3 rings (SSSR count). The molecule has 0 bridgehead atoms. The fourth-order valence-electron chi connectivity index (χ4n) is 2.86. The number of carboxylic acids is 1. The van der Waals surface area contributed by atoms with Crippen molar-refractivity contribution in [1.82, 2.24) is 15.1 Å². The smallest absolute Gasteiger partial charge is 0.323 e. The molecule has 2 aromatic rings. The van der Waals surface area contributed by atoms with Crippen LogP contribution in [0.4, 0.5) is 5.82 Å². The van der Waals surface area contributed by atoms with E-state index in [1.165, 1.54) is 6.33 Å². The zero-order valence-electron chi connectivity index (χ0n) is 11.2. The summed E-state index contributed by atoms with van der Waals surface area (Å²) in [4.78, 5) is 21.4. The summed E-state index contributed by atoms with van der Waals surface area (Å²) in [5, 5.41) is 13.8. The van der Waals surface area contributed by atoms with Gasteiger partial charge in [-0.15, -0.1) is 0 Å². The summed E-state index contributed by atoms with van der Waals surface area (Å²) in [6.07, 6.45) is 5.62. The maximum absolute atomic E-state index is 11.2. The number of aryl methyl sites for hydroxylation is 1. The van der Waals surface area contributed by atoms with E-state index >= 15 is 0 Å². The number of carboxylic acid groups (broad SMARTS) is 1. The fourth-order valence-corrected chi connectivity index (χ4v) is 2.86. The lowest BCUT2D eigenvalue weighted by Crippen LogP contribution is -2.38. The molecule has 0 unspecified atom stereocenters. The number of hydrogen-bond acceptors (Lipinski definition) is 6. The highest BCUT2D eigenvalue weighted by Crippen LogP contribution is 2.32. The lowest BCUT2D eigenvalue weighted by molar-refractivity contribution is -0.135. The molecule has 1 saturated carbocycles. The Balaban J connectivity index is 2.07. The van der Waals surface area contributed by atoms with Gasteiger partial charge in [-0.25, -0.2) is 4.98 Å². The van der Waals surface area contributed by atoms with Gasteiger partial charge in [-0.3, -0.25) is 4.79 Å². The molecule has 0 saturated heterocycles. The zero-order chi connectivity index (χ0) is 14.1. The van der Waals surface area contributed by atoms with Crippen LogP contribution in [0.3, 0.4) is 0 Å². The third kappa shape index (κ3) is 2.19. The molecule has 0 radical (unpaired) electrons. The highest BCUT2D eigenvalue weighted by atomic mass is 16.5. The van der Waals surface area contributed by atoms with Gasteiger partial charge in [0.05, 0.1) is 5.69 Å². The molecule has 0 spiro atoms. The second kappa shape index (κ2) is 5.07. The topological polar surface area (TPSA) is 92.4 Å². The number of aromatic nitrogens is 3. The van der Waals surface area contributed by atoms with E-state index in [2.05, 4.69) is 15.1 Å². The van der Waals surface area contributed by atoms with E-state index in [9.17, 15) is 9.90 Å². The number of fused-ring (bicyclic) bond motifs is 1. The molecule has 0 aliphatic heterocycles. The molecular formula is C13H16N4O3. The monoisotopic (exact) mass is 276 g/mol. The summed E-state index contributed by atoms with van der Waals surface area (Å²) in [5.74, 6) is -0.249. The van der Waals surface area contributed by atoms with E-state index in [1.807, 2.05) is 11.8 Å². The first kappa shape index (κ1) is 12.8. The van der Waals surface area contributed by atoms with Crippen molar-refractivity contribution >= 4 is 22.9 Å². The van der Waals surface area contributed by atoms with E-state index in [0.29, 0.717) is 22.6 Å². The lowest BCUT2D eigenvalue weighted by Gasteiger charge is -2.28. The SMILES string of the molecule is Cc1noc2ncnc(N(CC(=O)O)C3CCCC3)c12. The van der Waals surface area contributed by atoms with Crippen molar-refractivity contribution in [3.05, 3.63) is 12.0 Å². The van der Waals surface area contributed by atoms with Crippen LogP contribution in [0.2, 0.25) is 0 Å². The van der Waals surface area contributed by atoms with Gasteiger partial charge < -0.3 is 14.5 Å². The fraction of sp³-hybridized carbons (Fsp3) is 0.538. The Morgan fingerprint density at radius 3 is 2.90 bits per heavy atom. The van der Waals surface area contributed by atoms with Crippen LogP contribution >= 0.6 is 0 Å². The number of carbonyl (C=O) groups is 1. The lowest BCUT2D eigenvalue weighted by atomic mass is 10.2. The Morgan fingerprint density at radius 1 is 1.45 bits per heavy atom. The predicted octanol–water partition coefficient (Wildman–Crippen LogP) is 1.76. The zero-order valence-corrected chi connectivity index (χ0v) is 11.2. The first-order chi connectivity index (χ1) is 9.66. The Bertz CT molecular complexity index is 634. The average Bonchev–Trinajstić information content (AvgIpc) is 3.06. The van der Waals surface area contributed by atoms with Crippen LogP contribution in [0.1, 0.15) is 31.4 Å². The third-order valence-electron chi connectivity index (χ3n) is 3.77. The number of aliphatic carboxylic acids is 1. The van der Waals surface area contributed by atoms with Crippen LogP contribution in [-0.2, 0) is 4.79 Å². The van der Waals surface area contributed by atoms with Gasteiger partial charge in [-0.1, -0.05) is 18.0 Å². The maximum Gasteiger partial charge on any atom is 0.323 e. The molecule has 1 N–H and O–H groups in total. The summed E-state index contributed by atoms with van der Waals surface area (Å²) in [6.45, 7) is 1.74. The Hall–Kier alpha value is -2.18. The molecule has 7 nitrogen and oxygen atoms in total. The molecule has 7 heteroatoms. The van der Waals surface area contributed by atoms with E-state index < -0.39 is 5.97 Å². The largest absolute Gasteiger partial charge is 0.480 e. The summed E-state index contributed by atoms with van der Waals surface area (Å²) >= 11 is 0. The molecule has 1 fully saturated rings. The van der Waals surface area contributed by atoms with E-state index in [1.54, 1.807) is 0 Å². The van der Waals surface area contributed by atoms with Crippen LogP contribution in [0.15, 0.2) is 10.9 Å². The molecule has 106 valence electrons. The van der Waals surface area contributed by atoms with Crippen LogP contribution in [0.25, 0.3) is 11.1 Å². The Kier molecular flexibility index (Phi) is 3.25. The van der Waals surface area contributed by atoms with Crippen LogP contribution < -0.4 is 4.90 Å². The van der Waals surface area contributed by atoms with Gasteiger partial charge in [0.2, 0.25) is 0 Å². The van der Waals surface area contributed by atoms with Crippen LogP contribution in [-0.4, -0.2) is 38.8 Å². The number of anilines is 1. The highest BCUT2D eigenvalue weighted by molar-refractivity contribution is 5.89. The van der Waals surface area contributed by atoms with Crippen molar-refractivity contribution in [2.75, 3.05) is 11.4 Å². The second-order valence-electron chi connectivity index (χ2n) is 5.11. The maximum atomic E-state index is 11.2. The van der Waals surface area contributed by atoms with Gasteiger partial charge in [0.15, 0.2) is 0 Å². The van der Waals surface area contributed by atoms with Gasteiger partial charge in [0.1, 0.15) is 24.1 Å². The standard InChI is InChI=1S/C13H16N4O3/c1-8-11-12(14-7-15-13(11)20-16-8)17(6-10(18)19)9-4-2-3-5-9/h7,9H,2-6H2,1H3,(H,18,19). The van der Waals surface area contributed by atoms with Crippen LogP contribution in [0.5, 0.6) is 0 Å². The number of rotatable bonds is 4. The molecule has 2 heterocycles. The van der Waals surface area contributed by atoms with Gasteiger partial charge in [-0.05, 0) is 19.8 Å². The Labute approximate surface area is 115 Å². The summed E-state index contributed by atoms with van der Waals surface area (Å²) in [5.41, 5.74) is 1.09. The van der Waals surface area contributed by atoms with E-state index in [4.69, 9.17) is 4.52 Å². The molecule has 1 aliphatic carbocycles. The minimum Gasteiger partial charge on any atom is -0.480 e. The molecule has 1 aliphatic rings. The third-order valence-corrected chi connectivity index (χ3v) is 3.77. The van der Waals surface area contributed by atoms with Crippen molar-refractivity contribution in [3.63, 3.8) is 0 Å². The summed E-state index contributed by atoms with van der Waals surface area (Å²) in [7, 11) is 0.